The van der Waals surface area contributed by atoms with E-state index in [-0.39, 0.29) is 0 Å². The molecule has 3 nitrogen and oxygen atoms in total. The first-order valence-corrected chi connectivity index (χ1v) is 6.50. The van der Waals surface area contributed by atoms with Crippen molar-refractivity contribution in [2.24, 2.45) is 0 Å². The Morgan fingerprint density at radius 2 is 1.60 bits per heavy atom. The standard InChI is InChI=1S/C17H14N2O/c20-13-15-12-19(16-9-5-2-6-10-16)18-17(15)11-14-7-3-1-4-8-14/h1-10,12-13H,11H2. The van der Waals surface area contributed by atoms with Crippen molar-refractivity contribution in [3.8, 4) is 5.69 Å². The van der Waals surface area contributed by atoms with Gasteiger partial charge >= 0.3 is 0 Å². The van der Waals surface area contributed by atoms with E-state index in [1.54, 1.807) is 10.9 Å². The Morgan fingerprint density at radius 1 is 0.950 bits per heavy atom. The summed E-state index contributed by atoms with van der Waals surface area (Å²) in [5, 5.41) is 4.53. The number of carbonyl (C=O) groups is 1. The summed E-state index contributed by atoms with van der Waals surface area (Å²) in [5.74, 6) is 0. The van der Waals surface area contributed by atoms with Gasteiger partial charge in [0.15, 0.2) is 6.29 Å². The molecule has 0 aliphatic heterocycles. The van der Waals surface area contributed by atoms with E-state index in [1.807, 2.05) is 60.7 Å². The zero-order chi connectivity index (χ0) is 13.8. The van der Waals surface area contributed by atoms with Crippen molar-refractivity contribution in [2.45, 2.75) is 6.42 Å². The van der Waals surface area contributed by atoms with E-state index in [1.165, 1.54) is 0 Å². The average molecular weight is 262 g/mol. The lowest BCUT2D eigenvalue weighted by Gasteiger charge is -2.00. The molecule has 0 saturated heterocycles. The van der Waals surface area contributed by atoms with E-state index >= 15 is 0 Å². The van der Waals surface area contributed by atoms with Gasteiger partial charge in [0.2, 0.25) is 0 Å². The lowest BCUT2D eigenvalue weighted by Crippen LogP contribution is -1.96. The molecule has 0 aliphatic carbocycles. The van der Waals surface area contributed by atoms with Crippen LogP contribution in [0.1, 0.15) is 21.6 Å². The zero-order valence-electron chi connectivity index (χ0n) is 10.9. The molecule has 0 saturated carbocycles. The predicted octanol–water partition coefficient (Wildman–Crippen LogP) is 3.28. The summed E-state index contributed by atoms with van der Waals surface area (Å²) >= 11 is 0. The van der Waals surface area contributed by atoms with Crippen molar-refractivity contribution in [3.63, 3.8) is 0 Å². The van der Waals surface area contributed by atoms with Crippen molar-refractivity contribution in [3.05, 3.63) is 83.7 Å². The fourth-order valence-electron chi connectivity index (χ4n) is 2.16. The minimum Gasteiger partial charge on any atom is -0.298 e. The molecular weight excluding hydrogens is 248 g/mol. The number of para-hydroxylation sites is 1. The van der Waals surface area contributed by atoms with E-state index in [2.05, 4.69) is 5.10 Å². The van der Waals surface area contributed by atoms with Crippen LogP contribution < -0.4 is 0 Å². The molecule has 20 heavy (non-hydrogen) atoms. The lowest BCUT2D eigenvalue weighted by molar-refractivity contribution is 0.112. The number of carbonyl (C=O) groups excluding carboxylic acids is 1. The van der Waals surface area contributed by atoms with Crippen molar-refractivity contribution in [1.82, 2.24) is 9.78 Å². The third-order valence-corrected chi connectivity index (χ3v) is 3.19. The molecule has 3 rings (SSSR count). The van der Waals surface area contributed by atoms with Gasteiger partial charge < -0.3 is 0 Å². The molecule has 98 valence electrons. The van der Waals surface area contributed by atoms with Gasteiger partial charge in [0.25, 0.3) is 0 Å². The Morgan fingerprint density at radius 3 is 2.25 bits per heavy atom. The van der Waals surface area contributed by atoms with Crippen LogP contribution in [0.15, 0.2) is 66.9 Å². The minimum atomic E-state index is 0.637. The first kappa shape index (κ1) is 12.4. The van der Waals surface area contributed by atoms with E-state index in [0.717, 1.165) is 23.2 Å². The molecule has 0 aliphatic rings. The number of hydrogen-bond donors (Lipinski definition) is 0. The minimum absolute atomic E-state index is 0.637. The molecule has 0 fully saturated rings. The van der Waals surface area contributed by atoms with Gasteiger partial charge in [-0.1, -0.05) is 48.5 Å². The van der Waals surface area contributed by atoms with E-state index in [4.69, 9.17) is 0 Å². The van der Waals surface area contributed by atoms with Crippen molar-refractivity contribution >= 4 is 6.29 Å². The third kappa shape index (κ3) is 2.52. The summed E-state index contributed by atoms with van der Waals surface area (Å²) in [6.07, 6.45) is 3.31. The summed E-state index contributed by atoms with van der Waals surface area (Å²) in [6, 6.07) is 19.8. The van der Waals surface area contributed by atoms with Gasteiger partial charge in [0, 0.05) is 12.6 Å². The van der Waals surface area contributed by atoms with Gasteiger partial charge in [-0.25, -0.2) is 4.68 Å². The summed E-state index contributed by atoms with van der Waals surface area (Å²) in [6.45, 7) is 0. The van der Waals surface area contributed by atoms with Gasteiger partial charge in [-0.3, -0.25) is 4.79 Å². The smallest absolute Gasteiger partial charge is 0.153 e. The van der Waals surface area contributed by atoms with Crippen LogP contribution in [-0.4, -0.2) is 16.1 Å². The van der Waals surface area contributed by atoms with Gasteiger partial charge in [0.05, 0.1) is 16.9 Å². The molecule has 3 heteroatoms. The van der Waals surface area contributed by atoms with E-state index < -0.39 is 0 Å². The van der Waals surface area contributed by atoms with Crippen LogP contribution in [0.5, 0.6) is 0 Å². The summed E-state index contributed by atoms with van der Waals surface area (Å²) < 4.78 is 1.75. The first-order chi connectivity index (χ1) is 9.86. The maximum absolute atomic E-state index is 11.2. The molecule has 0 unspecified atom stereocenters. The summed E-state index contributed by atoms with van der Waals surface area (Å²) in [5.41, 5.74) is 3.54. The predicted molar refractivity (Wildman–Crippen MR) is 78.2 cm³/mol. The van der Waals surface area contributed by atoms with E-state index in [0.29, 0.717) is 12.0 Å². The Labute approximate surface area is 117 Å². The Bertz CT molecular complexity index is 702. The Hall–Kier alpha value is -2.68. The summed E-state index contributed by atoms with van der Waals surface area (Å²) in [4.78, 5) is 11.2. The van der Waals surface area contributed by atoms with Gasteiger partial charge in [-0.15, -0.1) is 0 Å². The molecule has 0 atom stereocenters. The van der Waals surface area contributed by atoms with Crippen LogP contribution >= 0.6 is 0 Å². The van der Waals surface area contributed by atoms with Gasteiger partial charge in [-0.05, 0) is 17.7 Å². The van der Waals surface area contributed by atoms with Crippen molar-refractivity contribution < 1.29 is 4.79 Å². The highest BCUT2D eigenvalue weighted by Gasteiger charge is 2.09. The molecule has 1 aromatic heterocycles. The van der Waals surface area contributed by atoms with Gasteiger partial charge in [-0.2, -0.15) is 5.10 Å². The molecule has 3 aromatic rings. The van der Waals surface area contributed by atoms with Crippen LogP contribution in [-0.2, 0) is 6.42 Å². The number of aromatic nitrogens is 2. The van der Waals surface area contributed by atoms with Crippen LogP contribution in [0.4, 0.5) is 0 Å². The number of benzene rings is 2. The fourth-order valence-corrected chi connectivity index (χ4v) is 2.16. The molecular formula is C17H14N2O. The van der Waals surface area contributed by atoms with Crippen LogP contribution in [0.3, 0.4) is 0 Å². The van der Waals surface area contributed by atoms with E-state index in [9.17, 15) is 4.79 Å². The SMILES string of the molecule is O=Cc1cn(-c2ccccc2)nc1Cc1ccccc1. The Balaban J connectivity index is 1.95. The number of nitrogens with zero attached hydrogens (tertiary/aromatic N) is 2. The largest absolute Gasteiger partial charge is 0.298 e. The lowest BCUT2D eigenvalue weighted by atomic mass is 10.1. The highest BCUT2D eigenvalue weighted by molar-refractivity contribution is 5.76. The van der Waals surface area contributed by atoms with Crippen LogP contribution in [0.25, 0.3) is 5.69 Å². The van der Waals surface area contributed by atoms with Crippen LogP contribution in [0, 0.1) is 0 Å². The molecule has 0 amide bonds. The second-order valence-corrected chi connectivity index (χ2v) is 4.59. The molecule has 2 aromatic carbocycles. The Kier molecular flexibility index (Phi) is 3.42. The molecule has 0 bridgehead atoms. The third-order valence-electron chi connectivity index (χ3n) is 3.19. The monoisotopic (exact) mass is 262 g/mol. The molecule has 1 heterocycles. The maximum Gasteiger partial charge on any atom is 0.153 e. The highest BCUT2D eigenvalue weighted by atomic mass is 16.1. The van der Waals surface area contributed by atoms with Gasteiger partial charge in [0.1, 0.15) is 0 Å². The van der Waals surface area contributed by atoms with Crippen LogP contribution in [0.2, 0.25) is 0 Å². The molecule has 0 N–H and O–H groups in total. The molecule has 0 spiro atoms. The number of aldehydes is 1. The topological polar surface area (TPSA) is 34.9 Å². The average Bonchev–Trinajstić information content (AvgIpc) is 2.92. The second kappa shape index (κ2) is 5.53. The first-order valence-electron chi connectivity index (χ1n) is 6.50. The number of rotatable bonds is 4. The second-order valence-electron chi connectivity index (χ2n) is 4.59. The summed E-state index contributed by atoms with van der Waals surface area (Å²) in [7, 11) is 0. The molecule has 0 radical (unpaired) electrons. The fraction of sp³-hybridized carbons (Fsp3) is 0.0588. The zero-order valence-corrected chi connectivity index (χ0v) is 10.9. The van der Waals surface area contributed by atoms with Crippen molar-refractivity contribution in [2.75, 3.05) is 0 Å². The highest BCUT2D eigenvalue weighted by Crippen LogP contribution is 2.14. The number of hydrogen-bond acceptors (Lipinski definition) is 2. The maximum atomic E-state index is 11.2. The normalized spacial score (nSPS) is 10.4. The quantitative estimate of drug-likeness (QED) is 0.676. The van der Waals surface area contributed by atoms with Crippen molar-refractivity contribution in [1.29, 1.82) is 0 Å².